The van der Waals surface area contributed by atoms with E-state index < -0.39 is 34.8 Å². The molecular formula is C23H16ClN3O5. The van der Waals surface area contributed by atoms with E-state index in [9.17, 15) is 19.7 Å². The van der Waals surface area contributed by atoms with E-state index in [0.717, 1.165) is 10.5 Å². The molecule has 2 saturated heterocycles. The molecule has 0 aromatic heterocycles. The van der Waals surface area contributed by atoms with E-state index in [1.807, 2.05) is 30.3 Å². The van der Waals surface area contributed by atoms with Gasteiger partial charge in [-0.25, -0.2) is 9.96 Å². The molecule has 160 valence electrons. The number of benzene rings is 3. The molecule has 0 bridgehead atoms. The number of anilines is 2. The molecular weight excluding hydrogens is 434 g/mol. The number of imide groups is 1. The number of nitro benzene ring substituents is 1. The summed E-state index contributed by atoms with van der Waals surface area (Å²) in [6, 6.07) is 20.9. The lowest BCUT2D eigenvalue weighted by atomic mass is 9.90. The number of non-ortho nitro benzene ring substituents is 1. The van der Waals surface area contributed by atoms with Crippen molar-refractivity contribution < 1.29 is 19.3 Å². The maximum atomic E-state index is 13.5. The van der Waals surface area contributed by atoms with Crippen molar-refractivity contribution in [3.63, 3.8) is 0 Å². The van der Waals surface area contributed by atoms with Crippen molar-refractivity contribution in [1.82, 2.24) is 0 Å². The molecule has 3 aromatic rings. The Labute approximate surface area is 187 Å². The molecule has 2 fully saturated rings. The van der Waals surface area contributed by atoms with Gasteiger partial charge in [-0.1, -0.05) is 48.0 Å². The minimum Gasteiger partial charge on any atom is -0.273 e. The topological polar surface area (TPSA) is 93.0 Å². The van der Waals surface area contributed by atoms with E-state index in [-0.39, 0.29) is 5.69 Å². The molecule has 3 aromatic carbocycles. The highest BCUT2D eigenvalue weighted by atomic mass is 35.5. The molecule has 2 aliphatic rings. The van der Waals surface area contributed by atoms with Crippen molar-refractivity contribution in [2.45, 2.75) is 12.1 Å². The molecule has 3 atom stereocenters. The highest BCUT2D eigenvalue weighted by Crippen LogP contribution is 2.47. The Morgan fingerprint density at radius 2 is 1.59 bits per heavy atom. The Morgan fingerprint density at radius 3 is 2.28 bits per heavy atom. The first-order chi connectivity index (χ1) is 15.5. The van der Waals surface area contributed by atoms with Crippen LogP contribution < -0.4 is 9.96 Å². The Hall–Kier alpha value is -3.75. The van der Waals surface area contributed by atoms with Crippen LogP contribution in [-0.4, -0.2) is 22.8 Å². The third-order valence-corrected chi connectivity index (χ3v) is 5.89. The van der Waals surface area contributed by atoms with Crippen molar-refractivity contribution in [3.05, 3.63) is 99.6 Å². The van der Waals surface area contributed by atoms with Gasteiger partial charge in [-0.05, 0) is 35.9 Å². The summed E-state index contributed by atoms with van der Waals surface area (Å²) in [6.07, 6.45) is -1.05. The number of hydrogen-bond donors (Lipinski definition) is 0. The quantitative estimate of drug-likeness (QED) is 0.335. The number of hydrogen-bond acceptors (Lipinski definition) is 6. The minimum absolute atomic E-state index is 0.115. The number of fused-ring (bicyclic) bond motifs is 1. The van der Waals surface area contributed by atoms with Gasteiger partial charge in [-0.15, -0.1) is 0 Å². The number of nitro groups is 1. The van der Waals surface area contributed by atoms with Gasteiger partial charge in [0.15, 0.2) is 6.10 Å². The average Bonchev–Trinajstić information content (AvgIpc) is 3.31. The van der Waals surface area contributed by atoms with Crippen molar-refractivity contribution in [2.24, 2.45) is 5.92 Å². The van der Waals surface area contributed by atoms with Crippen LogP contribution in [0, 0.1) is 16.0 Å². The maximum absolute atomic E-state index is 13.5. The van der Waals surface area contributed by atoms with E-state index >= 15 is 0 Å². The fourth-order valence-electron chi connectivity index (χ4n) is 4.22. The highest BCUT2D eigenvalue weighted by molar-refractivity contribution is 6.31. The number of carbonyl (C=O) groups excluding carboxylic acids is 2. The smallest absolute Gasteiger partial charge is 0.271 e. The molecule has 0 unspecified atom stereocenters. The third-order valence-electron chi connectivity index (χ3n) is 5.64. The van der Waals surface area contributed by atoms with Gasteiger partial charge in [0.1, 0.15) is 5.92 Å². The molecule has 2 heterocycles. The second-order valence-electron chi connectivity index (χ2n) is 7.50. The van der Waals surface area contributed by atoms with Gasteiger partial charge in [0, 0.05) is 17.2 Å². The van der Waals surface area contributed by atoms with Crippen molar-refractivity contribution in [2.75, 3.05) is 9.96 Å². The van der Waals surface area contributed by atoms with Crippen LogP contribution in [0.25, 0.3) is 0 Å². The van der Waals surface area contributed by atoms with Crippen LogP contribution in [0.3, 0.4) is 0 Å². The summed E-state index contributed by atoms with van der Waals surface area (Å²) < 4.78 is 0. The Balaban J connectivity index is 1.58. The SMILES string of the molecule is O=C1[C@@H]2[C@@H](ON(c3cccc([N+](=O)[O-])c3)[C@H]2c2ccccc2)C(=O)N1c1ccc(Cl)cc1. The highest BCUT2D eigenvalue weighted by Gasteiger charge is 2.60. The summed E-state index contributed by atoms with van der Waals surface area (Å²) in [5.74, 6) is -1.71. The van der Waals surface area contributed by atoms with E-state index in [0.29, 0.717) is 16.4 Å². The monoisotopic (exact) mass is 449 g/mol. The van der Waals surface area contributed by atoms with Gasteiger partial charge < -0.3 is 0 Å². The van der Waals surface area contributed by atoms with E-state index in [1.165, 1.54) is 23.3 Å². The molecule has 8 nitrogen and oxygen atoms in total. The predicted molar refractivity (Wildman–Crippen MR) is 117 cm³/mol. The largest absolute Gasteiger partial charge is 0.273 e. The number of nitrogens with zero attached hydrogens (tertiary/aromatic N) is 3. The van der Waals surface area contributed by atoms with Crippen LogP contribution in [0.1, 0.15) is 11.6 Å². The van der Waals surface area contributed by atoms with Gasteiger partial charge in [0.25, 0.3) is 11.6 Å². The fourth-order valence-corrected chi connectivity index (χ4v) is 4.34. The van der Waals surface area contributed by atoms with Gasteiger partial charge in [0.2, 0.25) is 5.91 Å². The summed E-state index contributed by atoms with van der Waals surface area (Å²) in [5, 5.41) is 13.2. The summed E-state index contributed by atoms with van der Waals surface area (Å²) in [6.45, 7) is 0. The van der Waals surface area contributed by atoms with Gasteiger partial charge in [-0.3, -0.25) is 24.5 Å². The van der Waals surface area contributed by atoms with Crippen LogP contribution in [-0.2, 0) is 14.4 Å². The van der Waals surface area contributed by atoms with Gasteiger partial charge in [0.05, 0.1) is 22.3 Å². The second-order valence-corrected chi connectivity index (χ2v) is 7.93. The lowest BCUT2D eigenvalue weighted by molar-refractivity contribution is -0.384. The average molecular weight is 450 g/mol. The second kappa shape index (κ2) is 7.74. The molecule has 0 aliphatic carbocycles. The molecule has 0 saturated carbocycles. The molecule has 0 radical (unpaired) electrons. The summed E-state index contributed by atoms with van der Waals surface area (Å²) in [4.78, 5) is 44.6. The number of carbonyl (C=O) groups is 2. The number of amides is 2. The first-order valence-corrected chi connectivity index (χ1v) is 10.2. The van der Waals surface area contributed by atoms with E-state index in [4.69, 9.17) is 16.4 Å². The molecule has 2 amide bonds. The standard InChI is InChI=1S/C23H16ClN3O5/c24-15-9-11-16(12-10-15)25-22(28)19-20(14-5-2-1-3-6-14)26(32-21(19)23(25)29)17-7-4-8-18(13-17)27(30)31/h1-13,19-21H/t19-,20-,21+/m0/s1. The van der Waals surface area contributed by atoms with Crippen molar-refractivity contribution in [1.29, 1.82) is 0 Å². The first kappa shape index (κ1) is 20.2. The molecule has 9 heteroatoms. The lowest BCUT2D eigenvalue weighted by Gasteiger charge is -2.28. The number of hydroxylamine groups is 1. The number of rotatable bonds is 4. The van der Waals surface area contributed by atoms with Crippen molar-refractivity contribution >= 4 is 40.5 Å². The number of halogens is 1. The van der Waals surface area contributed by atoms with Crippen molar-refractivity contribution in [3.8, 4) is 0 Å². The zero-order valence-corrected chi connectivity index (χ0v) is 17.3. The Morgan fingerprint density at radius 1 is 0.875 bits per heavy atom. The third kappa shape index (κ3) is 3.21. The Kier molecular flexibility index (Phi) is 4.88. The van der Waals surface area contributed by atoms with Crippen LogP contribution in [0.4, 0.5) is 17.1 Å². The van der Waals surface area contributed by atoms with E-state index in [1.54, 1.807) is 30.3 Å². The minimum atomic E-state index is -1.05. The molecule has 5 rings (SSSR count). The predicted octanol–water partition coefficient (Wildman–Crippen LogP) is 4.30. The molecule has 32 heavy (non-hydrogen) atoms. The normalized spacial score (nSPS) is 22.3. The van der Waals surface area contributed by atoms with Gasteiger partial charge in [-0.2, -0.15) is 0 Å². The lowest BCUT2D eigenvalue weighted by Crippen LogP contribution is -2.37. The maximum Gasteiger partial charge on any atom is 0.271 e. The first-order valence-electron chi connectivity index (χ1n) is 9.84. The summed E-state index contributed by atoms with van der Waals surface area (Å²) in [5.41, 5.74) is 1.44. The summed E-state index contributed by atoms with van der Waals surface area (Å²) in [7, 11) is 0. The zero-order chi connectivity index (χ0) is 22.4. The van der Waals surface area contributed by atoms with Crippen LogP contribution in [0.2, 0.25) is 5.02 Å². The fraction of sp³-hybridized carbons (Fsp3) is 0.130. The molecule has 2 aliphatic heterocycles. The Bertz CT molecular complexity index is 1220. The van der Waals surface area contributed by atoms with Crippen LogP contribution in [0.5, 0.6) is 0 Å². The van der Waals surface area contributed by atoms with E-state index in [2.05, 4.69) is 0 Å². The summed E-state index contributed by atoms with van der Waals surface area (Å²) >= 11 is 5.94. The van der Waals surface area contributed by atoms with Crippen LogP contribution in [0.15, 0.2) is 78.9 Å². The van der Waals surface area contributed by atoms with Gasteiger partial charge >= 0.3 is 0 Å². The zero-order valence-electron chi connectivity index (χ0n) is 16.5. The molecule has 0 N–H and O–H groups in total. The van der Waals surface area contributed by atoms with Crippen LogP contribution >= 0.6 is 11.6 Å². The molecule has 0 spiro atoms.